The van der Waals surface area contributed by atoms with Gasteiger partial charge in [0.1, 0.15) is 0 Å². The van der Waals surface area contributed by atoms with Crippen LogP contribution >= 0.6 is 0 Å². The van der Waals surface area contributed by atoms with Gasteiger partial charge in [-0.1, -0.05) is 27.2 Å². The number of rotatable bonds is 6. The van der Waals surface area contributed by atoms with Crippen molar-refractivity contribution >= 4 is 0 Å². The number of hydrogen-bond acceptors (Lipinski definition) is 2. The molecule has 1 N–H and O–H groups in total. The van der Waals surface area contributed by atoms with Gasteiger partial charge in [0, 0.05) is 11.6 Å². The van der Waals surface area contributed by atoms with E-state index in [0.29, 0.717) is 17.0 Å². The number of likely N-dealkylation sites (N-methyl/N-ethyl adjacent to an activating group) is 1. The summed E-state index contributed by atoms with van der Waals surface area (Å²) >= 11 is 0. The maximum Gasteiger partial charge on any atom is 0.0306 e. The van der Waals surface area contributed by atoms with Crippen molar-refractivity contribution in [3.63, 3.8) is 0 Å². The first-order chi connectivity index (χ1) is 8.27. The van der Waals surface area contributed by atoms with Crippen LogP contribution < -0.4 is 5.32 Å². The third kappa shape index (κ3) is 4.55. The summed E-state index contributed by atoms with van der Waals surface area (Å²) in [7, 11) is 2.12. The predicted molar refractivity (Wildman–Crippen MR) is 81.0 cm³/mol. The van der Waals surface area contributed by atoms with Crippen LogP contribution in [-0.4, -0.2) is 36.6 Å². The largest absolute Gasteiger partial charge is 0.315 e. The smallest absolute Gasteiger partial charge is 0.0306 e. The highest BCUT2D eigenvalue weighted by Crippen LogP contribution is 2.28. The number of nitrogens with zero attached hydrogens (tertiary/aromatic N) is 1. The van der Waals surface area contributed by atoms with E-state index in [1.54, 1.807) is 0 Å². The minimum Gasteiger partial charge on any atom is -0.315 e. The van der Waals surface area contributed by atoms with E-state index in [-0.39, 0.29) is 0 Å². The Morgan fingerprint density at radius 2 is 1.61 bits per heavy atom. The molecular formula is C16H34N2. The molecule has 1 unspecified atom stereocenters. The predicted octanol–water partition coefficient (Wildman–Crippen LogP) is 3.67. The Bertz CT molecular complexity index is 234. The number of likely N-dealkylation sites (tertiary alicyclic amines) is 1. The first-order valence-electron chi connectivity index (χ1n) is 7.70. The fourth-order valence-electron chi connectivity index (χ4n) is 3.20. The van der Waals surface area contributed by atoms with E-state index in [0.717, 1.165) is 0 Å². The molecule has 0 aromatic carbocycles. The summed E-state index contributed by atoms with van der Waals surface area (Å²) in [4.78, 5) is 2.67. The van der Waals surface area contributed by atoms with Crippen molar-refractivity contribution in [2.45, 2.75) is 78.3 Å². The van der Waals surface area contributed by atoms with E-state index < -0.39 is 0 Å². The Labute approximate surface area is 115 Å². The molecule has 1 atom stereocenters. The van der Waals surface area contributed by atoms with Crippen LogP contribution in [0, 0.1) is 5.41 Å². The summed E-state index contributed by atoms with van der Waals surface area (Å²) in [6.45, 7) is 14.4. The van der Waals surface area contributed by atoms with Crippen molar-refractivity contribution in [1.82, 2.24) is 10.2 Å². The Balaban J connectivity index is 2.48. The number of nitrogens with one attached hydrogen (secondary N) is 1. The maximum atomic E-state index is 3.56. The molecule has 1 heterocycles. The standard InChI is InChI=1S/C16H34N2/c1-15(2,3)11-9-10-14(17-6)16(4,5)18-12-7-8-13-18/h14,17H,7-13H2,1-6H3. The lowest BCUT2D eigenvalue weighted by molar-refractivity contribution is 0.103. The third-order valence-corrected chi connectivity index (χ3v) is 4.54. The van der Waals surface area contributed by atoms with Gasteiger partial charge in [-0.3, -0.25) is 4.90 Å². The highest BCUT2D eigenvalue weighted by molar-refractivity contribution is 4.94. The van der Waals surface area contributed by atoms with Crippen LogP contribution in [0.25, 0.3) is 0 Å². The van der Waals surface area contributed by atoms with Crippen molar-refractivity contribution in [3.05, 3.63) is 0 Å². The topological polar surface area (TPSA) is 15.3 Å². The first-order valence-corrected chi connectivity index (χ1v) is 7.70. The summed E-state index contributed by atoms with van der Waals surface area (Å²) in [6.07, 6.45) is 6.69. The van der Waals surface area contributed by atoms with Gasteiger partial charge in [0.05, 0.1) is 0 Å². The van der Waals surface area contributed by atoms with Gasteiger partial charge in [0.15, 0.2) is 0 Å². The summed E-state index contributed by atoms with van der Waals surface area (Å²) < 4.78 is 0. The fourth-order valence-corrected chi connectivity index (χ4v) is 3.20. The van der Waals surface area contributed by atoms with Gasteiger partial charge in [0.25, 0.3) is 0 Å². The first kappa shape index (κ1) is 16.0. The molecule has 0 radical (unpaired) electrons. The Morgan fingerprint density at radius 3 is 2.06 bits per heavy atom. The van der Waals surface area contributed by atoms with Crippen LogP contribution in [0.5, 0.6) is 0 Å². The molecule has 1 saturated heterocycles. The fraction of sp³-hybridized carbons (Fsp3) is 1.00. The van der Waals surface area contributed by atoms with Crippen molar-refractivity contribution in [2.24, 2.45) is 5.41 Å². The van der Waals surface area contributed by atoms with Crippen LogP contribution in [0.4, 0.5) is 0 Å². The molecule has 0 aromatic rings. The van der Waals surface area contributed by atoms with Crippen LogP contribution in [0.1, 0.15) is 66.7 Å². The van der Waals surface area contributed by atoms with Crippen LogP contribution in [0.3, 0.4) is 0 Å². The Kier molecular flexibility index (Phi) is 5.67. The van der Waals surface area contributed by atoms with E-state index in [1.807, 2.05) is 0 Å². The second-order valence-corrected chi connectivity index (χ2v) is 7.64. The average Bonchev–Trinajstić information content (AvgIpc) is 2.76. The molecule has 0 spiro atoms. The summed E-state index contributed by atoms with van der Waals surface area (Å²) in [5.74, 6) is 0. The SMILES string of the molecule is CNC(CCCC(C)(C)C)C(C)(C)N1CCCC1. The minimum atomic E-state index is 0.295. The maximum absolute atomic E-state index is 3.56. The van der Waals surface area contributed by atoms with Gasteiger partial charge in [-0.25, -0.2) is 0 Å². The van der Waals surface area contributed by atoms with Crippen LogP contribution in [0.2, 0.25) is 0 Å². The molecule has 0 amide bonds. The van der Waals surface area contributed by atoms with E-state index >= 15 is 0 Å². The van der Waals surface area contributed by atoms with Crippen molar-refractivity contribution in [3.8, 4) is 0 Å². The summed E-state index contributed by atoms with van der Waals surface area (Å²) in [5, 5.41) is 3.56. The van der Waals surface area contributed by atoms with Crippen LogP contribution in [0.15, 0.2) is 0 Å². The van der Waals surface area contributed by atoms with Crippen molar-refractivity contribution in [1.29, 1.82) is 0 Å². The molecule has 0 aliphatic carbocycles. The van der Waals surface area contributed by atoms with Gasteiger partial charge in [-0.05, 0) is 65.1 Å². The molecule has 1 fully saturated rings. The molecule has 0 bridgehead atoms. The zero-order valence-corrected chi connectivity index (χ0v) is 13.5. The van der Waals surface area contributed by atoms with E-state index in [1.165, 1.54) is 45.2 Å². The van der Waals surface area contributed by atoms with E-state index in [9.17, 15) is 0 Å². The molecular weight excluding hydrogens is 220 g/mol. The molecule has 108 valence electrons. The lowest BCUT2D eigenvalue weighted by Gasteiger charge is -2.42. The molecule has 1 aliphatic rings. The van der Waals surface area contributed by atoms with E-state index in [4.69, 9.17) is 0 Å². The third-order valence-electron chi connectivity index (χ3n) is 4.54. The second-order valence-electron chi connectivity index (χ2n) is 7.64. The van der Waals surface area contributed by atoms with Gasteiger partial charge >= 0.3 is 0 Å². The van der Waals surface area contributed by atoms with Gasteiger partial charge in [-0.2, -0.15) is 0 Å². The molecule has 0 aromatic heterocycles. The normalized spacial score (nSPS) is 20.3. The summed E-state index contributed by atoms with van der Waals surface area (Å²) in [5.41, 5.74) is 0.763. The number of hydrogen-bond donors (Lipinski definition) is 1. The quantitative estimate of drug-likeness (QED) is 0.778. The Hall–Kier alpha value is -0.0800. The molecule has 18 heavy (non-hydrogen) atoms. The molecule has 1 aliphatic heterocycles. The Morgan fingerprint density at radius 1 is 1.06 bits per heavy atom. The highest BCUT2D eigenvalue weighted by atomic mass is 15.2. The molecule has 1 rings (SSSR count). The van der Waals surface area contributed by atoms with Crippen molar-refractivity contribution in [2.75, 3.05) is 20.1 Å². The lowest BCUT2D eigenvalue weighted by atomic mass is 9.84. The minimum absolute atomic E-state index is 0.295. The molecule has 2 heteroatoms. The zero-order chi connectivity index (χ0) is 13.8. The lowest BCUT2D eigenvalue weighted by Crippen LogP contribution is -2.56. The second kappa shape index (κ2) is 6.38. The monoisotopic (exact) mass is 254 g/mol. The highest BCUT2D eigenvalue weighted by Gasteiger charge is 2.35. The van der Waals surface area contributed by atoms with Gasteiger partial charge in [0.2, 0.25) is 0 Å². The zero-order valence-electron chi connectivity index (χ0n) is 13.5. The van der Waals surface area contributed by atoms with Crippen molar-refractivity contribution < 1.29 is 0 Å². The van der Waals surface area contributed by atoms with Crippen LogP contribution in [-0.2, 0) is 0 Å². The van der Waals surface area contributed by atoms with E-state index in [2.05, 4.69) is 51.9 Å². The average molecular weight is 254 g/mol. The summed E-state index contributed by atoms with van der Waals surface area (Å²) in [6, 6.07) is 0.609. The molecule has 0 saturated carbocycles. The molecule has 2 nitrogen and oxygen atoms in total. The van der Waals surface area contributed by atoms with Gasteiger partial charge < -0.3 is 5.32 Å². The van der Waals surface area contributed by atoms with Gasteiger partial charge in [-0.15, -0.1) is 0 Å².